The van der Waals surface area contributed by atoms with E-state index in [2.05, 4.69) is 57.3 Å². The summed E-state index contributed by atoms with van der Waals surface area (Å²) >= 11 is 0. The first-order valence-electron chi connectivity index (χ1n) is 6.72. The van der Waals surface area contributed by atoms with Gasteiger partial charge in [0.1, 0.15) is 0 Å². The van der Waals surface area contributed by atoms with E-state index in [9.17, 15) is 0 Å². The van der Waals surface area contributed by atoms with E-state index in [1.165, 1.54) is 11.1 Å². The van der Waals surface area contributed by atoms with Crippen LogP contribution < -0.4 is 5.32 Å². The zero-order valence-electron chi connectivity index (χ0n) is 12.4. The van der Waals surface area contributed by atoms with Gasteiger partial charge in [-0.15, -0.1) is 0 Å². The van der Waals surface area contributed by atoms with Crippen LogP contribution in [0.2, 0.25) is 0 Å². The molecule has 1 N–H and O–H groups in total. The quantitative estimate of drug-likeness (QED) is 0.834. The predicted octanol–water partition coefficient (Wildman–Crippen LogP) is 3.36. The molecule has 0 amide bonds. The summed E-state index contributed by atoms with van der Waals surface area (Å²) in [5.41, 5.74) is 2.96. The molecular formula is C16H27NO. The fourth-order valence-electron chi connectivity index (χ4n) is 1.93. The van der Waals surface area contributed by atoms with Crippen molar-refractivity contribution in [2.24, 2.45) is 5.92 Å². The molecule has 0 saturated heterocycles. The Bertz CT molecular complexity index is 337. The van der Waals surface area contributed by atoms with E-state index in [0.29, 0.717) is 5.92 Å². The highest BCUT2D eigenvalue weighted by atomic mass is 16.5. The molecule has 0 heterocycles. The Morgan fingerprint density at radius 2 is 1.78 bits per heavy atom. The zero-order chi connectivity index (χ0) is 13.6. The van der Waals surface area contributed by atoms with E-state index in [1.54, 1.807) is 7.11 Å². The van der Waals surface area contributed by atoms with Crippen molar-refractivity contribution >= 4 is 0 Å². The summed E-state index contributed by atoms with van der Waals surface area (Å²) in [6.07, 6.45) is 0. The molecule has 1 atom stereocenters. The Hall–Kier alpha value is -0.860. The van der Waals surface area contributed by atoms with E-state index in [-0.39, 0.29) is 5.41 Å². The Balaban J connectivity index is 2.40. The van der Waals surface area contributed by atoms with E-state index < -0.39 is 0 Å². The third-order valence-corrected chi connectivity index (χ3v) is 3.09. The fraction of sp³-hybridized carbons (Fsp3) is 0.625. The number of methoxy groups -OCH3 is 1. The normalized spacial score (nSPS) is 13.6. The molecule has 0 aromatic heterocycles. The van der Waals surface area contributed by atoms with Crippen LogP contribution in [0.5, 0.6) is 0 Å². The SMILES string of the molecule is COCC(C)CNCc1ccc(C(C)(C)C)cc1. The minimum absolute atomic E-state index is 0.235. The number of benzene rings is 1. The molecule has 0 radical (unpaired) electrons. The van der Waals surface area contributed by atoms with E-state index in [1.807, 2.05) is 0 Å². The largest absolute Gasteiger partial charge is 0.384 e. The lowest BCUT2D eigenvalue weighted by Gasteiger charge is -2.19. The average molecular weight is 249 g/mol. The van der Waals surface area contributed by atoms with Crippen LogP contribution in [0.25, 0.3) is 0 Å². The van der Waals surface area contributed by atoms with Crippen molar-refractivity contribution in [3.8, 4) is 0 Å². The van der Waals surface area contributed by atoms with Gasteiger partial charge in [-0.1, -0.05) is 52.0 Å². The van der Waals surface area contributed by atoms with Crippen LogP contribution >= 0.6 is 0 Å². The summed E-state index contributed by atoms with van der Waals surface area (Å²) < 4.78 is 5.12. The number of hydrogen-bond donors (Lipinski definition) is 1. The summed E-state index contributed by atoms with van der Waals surface area (Å²) in [5.74, 6) is 0.559. The summed E-state index contributed by atoms with van der Waals surface area (Å²) in [6.45, 7) is 11.7. The average Bonchev–Trinajstić information content (AvgIpc) is 2.29. The van der Waals surface area contributed by atoms with Crippen LogP contribution in [0.15, 0.2) is 24.3 Å². The lowest BCUT2D eigenvalue weighted by Crippen LogP contribution is -2.23. The van der Waals surface area contributed by atoms with Crippen LogP contribution in [0.3, 0.4) is 0 Å². The first-order chi connectivity index (χ1) is 8.43. The van der Waals surface area contributed by atoms with E-state index in [4.69, 9.17) is 4.74 Å². The highest BCUT2D eigenvalue weighted by Gasteiger charge is 2.12. The lowest BCUT2D eigenvalue weighted by atomic mass is 9.87. The van der Waals surface area contributed by atoms with Crippen molar-refractivity contribution in [2.45, 2.75) is 39.7 Å². The molecule has 2 nitrogen and oxygen atoms in total. The van der Waals surface area contributed by atoms with Gasteiger partial charge in [-0.2, -0.15) is 0 Å². The molecule has 1 unspecified atom stereocenters. The van der Waals surface area contributed by atoms with Crippen molar-refractivity contribution in [3.63, 3.8) is 0 Å². The Morgan fingerprint density at radius 3 is 2.28 bits per heavy atom. The summed E-state index contributed by atoms with van der Waals surface area (Å²) in [4.78, 5) is 0. The minimum Gasteiger partial charge on any atom is -0.384 e. The van der Waals surface area contributed by atoms with Crippen molar-refractivity contribution < 1.29 is 4.74 Å². The molecular weight excluding hydrogens is 222 g/mol. The number of ether oxygens (including phenoxy) is 1. The zero-order valence-corrected chi connectivity index (χ0v) is 12.4. The van der Waals surface area contributed by atoms with E-state index >= 15 is 0 Å². The second-order valence-corrected chi connectivity index (χ2v) is 6.14. The van der Waals surface area contributed by atoms with Crippen LogP contribution in [-0.2, 0) is 16.7 Å². The monoisotopic (exact) mass is 249 g/mol. The minimum atomic E-state index is 0.235. The maximum atomic E-state index is 5.12. The first-order valence-corrected chi connectivity index (χ1v) is 6.72. The van der Waals surface area contributed by atoms with Crippen LogP contribution in [-0.4, -0.2) is 20.3 Å². The van der Waals surface area contributed by atoms with Crippen molar-refractivity contribution in [1.29, 1.82) is 0 Å². The molecule has 0 aliphatic heterocycles. The van der Waals surface area contributed by atoms with Crippen molar-refractivity contribution in [3.05, 3.63) is 35.4 Å². The van der Waals surface area contributed by atoms with Gasteiger partial charge >= 0.3 is 0 Å². The summed E-state index contributed by atoms with van der Waals surface area (Å²) in [5, 5.41) is 3.46. The Labute approximate surface area is 112 Å². The number of rotatable bonds is 6. The van der Waals surface area contributed by atoms with Gasteiger partial charge in [0.25, 0.3) is 0 Å². The van der Waals surface area contributed by atoms with Gasteiger partial charge in [-0.25, -0.2) is 0 Å². The smallest absolute Gasteiger partial charge is 0.0499 e. The van der Waals surface area contributed by atoms with Crippen LogP contribution in [0, 0.1) is 5.92 Å². The number of hydrogen-bond acceptors (Lipinski definition) is 2. The topological polar surface area (TPSA) is 21.3 Å². The van der Waals surface area contributed by atoms with Gasteiger partial charge < -0.3 is 10.1 Å². The molecule has 0 saturated carbocycles. The molecule has 102 valence electrons. The first kappa shape index (κ1) is 15.2. The molecule has 1 rings (SSSR count). The third kappa shape index (κ3) is 5.19. The third-order valence-electron chi connectivity index (χ3n) is 3.09. The highest BCUT2D eigenvalue weighted by molar-refractivity contribution is 5.27. The summed E-state index contributed by atoms with van der Waals surface area (Å²) in [7, 11) is 1.75. The Morgan fingerprint density at radius 1 is 1.17 bits per heavy atom. The lowest BCUT2D eigenvalue weighted by molar-refractivity contribution is 0.158. The van der Waals surface area contributed by atoms with Gasteiger partial charge in [0.05, 0.1) is 0 Å². The maximum absolute atomic E-state index is 5.12. The second-order valence-electron chi connectivity index (χ2n) is 6.14. The highest BCUT2D eigenvalue weighted by Crippen LogP contribution is 2.22. The molecule has 0 bridgehead atoms. The Kier molecular flexibility index (Phi) is 5.83. The molecule has 0 fully saturated rings. The van der Waals surface area contributed by atoms with Gasteiger partial charge in [0.2, 0.25) is 0 Å². The molecule has 1 aromatic rings. The molecule has 0 aliphatic rings. The summed E-state index contributed by atoms with van der Waals surface area (Å²) in [6, 6.07) is 8.90. The fourth-order valence-corrected chi connectivity index (χ4v) is 1.93. The van der Waals surface area contributed by atoms with Crippen molar-refractivity contribution in [1.82, 2.24) is 5.32 Å². The van der Waals surface area contributed by atoms with Crippen LogP contribution in [0.1, 0.15) is 38.8 Å². The second kappa shape index (κ2) is 6.91. The van der Waals surface area contributed by atoms with Crippen molar-refractivity contribution in [2.75, 3.05) is 20.3 Å². The molecule has 2 heteroatoms. The molecule has 0 spiro atoms. The van der Waals surface area contributed by atoms with Crippen LogP contribution in [0.4, 0.5) is 0 Å². The maximum Gasteiger partial charge on any atom is 0.0499 e. The molecule has 0 aliphatic carbocycles. The van der Waals surface area contributed by atoms with Gasteiger partial charge in [0, 0.05) is 26.8 Å². The standard InChI is InChI=1S/C16H27NO/c1-13(12-18-5)10-17-11-14-6-8-15(9-7-14)16(2,3)4/h6-9,13,17H,10-12H2,1-5H3. The molecule has 18 heavy (non-hydrogen) atoms. The van der Waals surface area contributed by atoms with Gasteiger partial charge in [-0.05, 0) is 22.5 Å². The number of nitrogens with one attached hydrogen (secondary N) is 1. The van der Waals surface area contributed by atoms with E-state index in [0.717, 1.165) is 19.7 Å². The predicted molar refractivity (Wildman–Crippen MR) is 77.9 cm³/mol. The van der Waals surface area contributed by atoms with Gasteiger partial charge in [-0.3, -0.25) is 0 Å². The van der Waals surface area contributed by atoms with Gasteiger partial charge in [0.15, 0.2) is 0 Å². The molecule has 1 aromatic carbocycles.